The van der Waals surface area contributed by atoms with Gasteiger partial charge < -0.3 is 9.47 Å². The summed E-state index contributed by atoms with van der Waals surface area (Å²) in [6.45, 7) is 1.94. The van der Waals surface area contributed by atoms with Crippen LogP contribution in [0.15, 0.2) is 42.2 Å². The molecule has 0 radical (unpaired) electrons. The van der Waals surface area contributed by atoms with Gasteiger partial charge in [0.25, 0.3) is 0 Å². The van der Waals surface area contributed by atoms with E-state index in [-0.39, 0.29) is 5.97 Å². The van der Waals surface area contributed by atoms with Gasteiger partial charge in [-0.15, -0.1) is 0 Å². The lowest BCUT2D eigenvalue weighted by molar-refractivity contribution is -0.168. The van der Waals surface area contributed by atoms with Crippen LogP contribution < -0.4 is 0 Å². The lowest BCUT2D eigenvalue weighted by atomic mass is 9.61. The third-order valence-corrected chi connectivity index (χ3v) is 4.90. The van der Waals surface area contributed by atoms with Gasteiger partial charge in [-0.25, -0.2) is 0 Å². The highest BCUT2D eigenvalue weighted by molar-refractivity contribution is 5.82. The normalized spacial score (nSPS) is 31.0. The van der Waals surface area contributed by atoms with Gasteiger partial charge in [0.1, 0.15) is 11.0 Å². The SMILES string of the molecule is COC(=O)[C@@]12C=C(C)O[C@]1(Cc1ccccc1)CCCC2. The van der Waals surface area contributed by atoms with Crippen LogP contribution in [-0.2, 0) is 20.7 Å². The number of allylic oxidation sites excluding steroid dienone is 1. The van der Waals surface area contributed by atoms with Crippen molar-refractivity contribution >= 4 is 5.97 Å². The highest BCUT2D eigenvalue weighted by Gasteiger charge is 2.62. The topological polar surface area (TPSA) is 35.5 Å². The molecule has 21 heavy (non-hydrogen) atoms. The molecular formula is C18H22O3. The van der Waals surface area contributed by atoms with E-state index in [4.69, 9.17) is 9.47 Å². The first-order valence-electron chi connectivity index (χ1n) is 7.63. The Balaban J connectivity index is 2.02. The number of hydrogen-bond acceptors (Lipinski definition) is 3. The summed E-state index contributed by atoms with van der Waals surface area (Å²) < 4.78 is 11.4. The smallest absolute Gasteiger partial charge is 0.319 e. The lowest BCUT2D eigenvalue weighted by Gasteiger charge is -2.45. The number of fused-ring (bicyclic) bond motifs is 1. The average Bonchev–Trinajstić information content (AvgIpc) is 2.80. The first-order chi connectivity index (χ1) is 10.1. The number of esters is 1. The Morgan fingerprint density at radius 2 is 1.95 bits per heavy atom. The van der Waals surface area contributed by atoms with Gasteiger partial charge in [-0.2, -0.15) is 0 Å². The second kappa shape index (κ2) is 5.21. The molecule has 3 heteroatoms. The lowest BCUT2D eigenvalue weighted by Crippen LogP contribution is -2.54. The second-order valence-corrected chi connectivity index (χ2v) is 6.18. The zero-order valence-electron chi connectivity index (χ0n) is 12.7. The average molecular weight is 286 g/mol. The van der Waals surface area contributed by atoms with E-state index >= 15 is 0 Å². The molecule has 1 saturated carbocycles. The van der Waals surface area contributed by atoms with Gasteiger partial charge in [-0.3, -0.25) is 4.79 Å². The molecule has 0 N–H and O–H groups in total. The first kappa shape index (κ1) is 14.2. The highest BCUT2D eigenvalue weighted by Crippen LogP contribution is 2.55. The summed E-state index contributed by atoms with van der Waals surface area (Å²) in [7, 11) is 1.47. The molecule has 2 aliphatic rings. The standard InChI is InChI=1S/C18H22O3/c1-14-12-17(16(19)20-2)10-6-7-11-18(17,21-14)13-15-8-4-3-5-9-15/h3-5,8-9,12H,6-7,10-11,13H2,1-2H3/t17-,18+/m1/s1. The molecule has 1 heterocycles. The monoisotopic (exact) mass is 286 g/mol. The fraction of sp³-hybridized carbons (Fsp3) is 0.500. The number of benzene rings is 1. The van der Waals surface area contributed by atoms with Gasteiger partial charge in [0.05, 0.1) is 12.9 Å². The number of hydrogen-bond donors (Lipinski definition) is 0. The first-order valence-corrected chi connectivity index (χ1v) is 7.63. The van der Waals surface area contributed by atoms with Crippen molar-refractivity contribution in [1.82, 2.24) is 0 Å². The van der Waals surface area contributed by atoms with Crippen LogP contribution in [0.2, 0.25) is 0 Å². The number of ether oxygens (including phenoxy) is 2. The quantitative estimate of drug-likeness (QED) is 0.796. The van der Waals surface area contributed by atoms with Crippen LogP contribution in [0.3, 0.4) is 0 Å². The minimum atomic E-state index is -0.625. The van der Waals surface area contributed by atoms with Gasteiger partial charge >= 0.3 is 5.97 Å². The van der Waals surface area contributed by atoms with E-state index < -0.39 is 11.0 Å². The Kier molecular flexibility index (Phi) is 3.52. The fourth-order valence-electron chi connectivity index (χ4n) is 4.03. The van der Waals surface area contributed by atoms with Crippen molar-refractivity contribution in [2.45, 2.75) is 44.6 Å². The van der Waals surface area contributed by atoms with Crippen LogP contribution in [0.1, 0.15) is 38.2 Å². The van der Waals surface area contributed by atoms with Crippen molar-refractivity contribution < 1.29 is 14.3 Å². The molecule has 112 valence electrons. The van der Waals surface area contributed by atoms with Crippen LogP contribution in [0.4, 0.5) is 0 Å². The molecule has 0 aromatic heterocycles. The van der Waals surface area contributed by atoms with Crippen LogP contribution in [0.5, 0.6) is 0 Å². The molecular weight excluding hydrogens is 264 g/mol. The zero-order chi connectivity index (χ0) is 14.9. The summed E-state index contributed by atoms with van der Waals surface area (Å²) in [5, 5.41) is 0. The van der Waals surface area contributed by atoms with Gasteiger partial charge in [0, 0.05) is 6.42 Å². The van der Waals surface area contributed by atoms with E-state index in [2.05, 4.69) is 12.1 Å². The van der Waals surface area contributed by atoms with Crippen LogP contribution in [0, 0.1) is 5.41 Å². The zero-order valence-corrected chi connectivity index (χ0v) is 12.7. The fourth-order valence-corrected chi connectivity index (χ4v) is 4.03. The number of rotatable bonds is 3. The summed E-state index contributed by atoms with van der Waals surface area (Å²) in [4.78, 5) is 12.6. The molecule has 2 atom stereocenters. The second-order valence-electron chi connectivity index (χ2n) is 6.18. The Hall–Kier alpha value is -1.77. The minimum absolute atomic E-state index is 0.157. The molecule has 0 bridgehead atoms. The summed E-state index contributed by atoms with van der Waals surface area (Å²) in [6, 6.07) is 10.3. The van der Waals surface area contributed by atoms with Crippen molar-refractivity contribution in [3.05, 3.63) is 47.7 Å². The molecule has 0 unspecified atom stereocenters. The molecule has 1 fully saturated rings. The molecule has 0 amide bonds. The molecule has 1 aliphatic heterocycles. The third-order valence-electron chi connectivity index (χ3n) is 4.90. The van der Waals surface area contributed by atoms with E-state index in [0.717, 1.165) is 37.9 Å². The molecule has 3 nitrogen and oxygen atoms in total. The van der Waals surface area contributed by atoms with Gasteiger partial charge in [0.15, 0.2) is 0 Å². The van der Waals surface area contributed by atoms with Gasteiger partial charge in [0.2, 0.25) is 0 Å². The predicted octanol–water partition coefficient (Wildman–Crippen LogP) is 3.64. The molecule has 1 aliphatic carbocycles. The molecule has 3 rings (SSSR count). The molecule has 1 aromatic carbocycles. The van der Waals surface area contributed by atoms with E-state index in [1.54, 1.807) is 0 Å². The molecule has 0 saturated heterocycles. The van der Waals surface area contributed by atoms with E-state index in [0.29, 0.717) is 0 Å². The van der Waals surface area contributed by atoms with Crippen LogP contribution >= 0.6 is 0 Å². The van der Waals surface area contributed by atoms with Gasteiger partial charge in [-0.1, -0.05) is 36.8 Å². The maximum atomic E-state index is 12.6. The number of carbonyl (C=O) groups is 1. The van der Waals surface area contributed by atoms with Crippen molar-refractivity contribution in [3.63, 3.8) is 0 Å². The largest absolute Gasteiger partial charge is 0.490 e. The Morgan fingerprint density at radius 3 is 2.67 bits per heavy atom. The predicted molar refractivity (Wildman–Crippen MR) is 80.6 cm³/mol. The Bertz CT molecular complexity index is 563. The van der Waals surface area contributed by atoms with Crippen LogP contribution in [0.25, 0.3) is 0 Å². The highest BCUT2D eigenvalue weighted by atomic mass is 16.5. The number of methoxy groups -OCH3 is 1. The Labute approximate surface area is 125 Å². The summed E-state index contributed by atoms with van der Waals surface area (Å²) in [5.74, 6) is 0.688. The maximum Gasteiger partial charge on any atom is 0.319 e. The number of carbonyl (C=O) groups excluding carboxylic acids is 1. The maximum absolute atomic E-state index is 12.6. The molecule has 0 spiro atoms. The Morgan fingerprint density at radius 1 is 1.24 bits per heavy atom. The summed E-state index contributed by atoms with van der Waals surface area (Å²) >= 11 is 0. The van der Waals surface area contributed by atoms with Gasteiger partial charge in [-0.05, 0) is 37.8 Å². The summed E-state index contributed by atoms with van der Waals surface area (Å²) in [5.41, 5.74) is 0.0970. The van der Waals surface area contributed by atoms with Crippen molar-refractivity contribution in [2.75, 3.05) is 7.11 Å². The summed E-state index contributed by atoms with van der Waals surface area (Å²) in [6.07, 6.45) is 6.58. The van der Waals surface area contributed by atoms with E-state index in [1.165, 1.54) is 12.7 Å². The van der Waals surface area contributed by atoms with E-state index in [1.807, 2.05) is 31.2 Å². The minimum Gasteiger partial charge on any atom is -0.490 e. The van der Waals surface area contributed by atoms with E-state index in [9.17, 15) is 4.79 Å². The third kappa shape index (κ3) is 2.15. The van der Waals surface area contributed by atoms with Crippen molar-refractivity contribution in [1.29, 1.82) is 0 Å². The van der Waals surface area contributed by atoms with Crippen molar-refractivity contribution in [3.8, 4) is 0 Å². The van der Waals surface area contributed by atoms with Crippen molar-refractivity contribution in [2.24, 2.45) is 5.41 Å². The van der Waals surface area contributed by atoms with Crippen LogP contribution in [-0.4, -0.2) is 18.7 Å². The molecule has 1 aromatic rings.